The second kappa shape index (κ2) is 7.04. The third kappa shape index (κ3) is 7.12. The first-order valence-corrected chi connectivity index (χ1v) is 5.18. The standard InChI is InChI=1S/C10H22BNO2/c1-8(2)5-4-6-9(3)7-10(12)11(13)14/h5,9-10,13-14H,4,6-7,12H2,1-3H3/t9?,10-/m0/s1. The SMILES string of the molecule is CC(C)=CCCC(C)C[C@H](N)B(O)O. The third-order valence-corrected chi connectivity index (χ3v) is 2.27. The summed E-state index contributed by atoms with van der Waals surface area (Å²) in [6.07, 6.45) is 4.94. The van der Waals surface area contributed by atoms with Crippen LogP contribution in [0.1, 0.15) is 40.0 Å². The van der Waals surface area contributed by atoms with Crippen LogP contribution in [0.3, 0.4) is 0 Å². The Morgan fingerprint density at radius 1 is 1.43 bits per heavy atom. The molecule has 0 bridgehead atoms. The Hall–Kier alpha value is -0.315. The van der Waals surface area contributed by atoms with Crippen molar-refractivity contribution in [3.05, 3.63) is 11.6 Å². The molecule has 0 aromatic carbocycles. The van der Waals surface area contributed by atoms with Gasteiger partial charge < -0.3 is 15.8 Å². The maximum absolute atomic E-state index is 8.80. The highest BCUT2D eigenvalue weighted by atomic mass is 16.4. The Kier molecular flexibility index (Phi) is 6.88. The van der Waals surface area contributed by atoms with E-state index >= 15 is 0 Å². The van der Waals surface area contributed by atoms with Gasteiger partial charge in [0.25, 0.3) is 0 Å². The van der Waals surface area contributed by atoms with E-state index in [1.807, 2.05) is 0 Å². The molecule has 1 unspecified atom stereocenters. The minimum absolute atomic E-state index is 0.433. The quantitative estimate of drug-likeness (QED) is 0.443. The monoisotopic (exact) mass is 199 g/mol. The summed E-state index contributed by atoms with van der Waals surface area (Å²) in [5.41, 5.74) is 6.86. The molecule has 4 heteroatoms. The molecular weight excluding hydrogens is 177 g/mol. The number of hydrogen-bond donors (Lipinski definition) is 3. The van der Waals surface area contributed by atoms with E-state index in [0.717, 1.165) is 12.8 Å². The van der Waals surface area contributed by atoms with Crippen molar-refractivity contribution in [1.82, 2.24) is 0 Å². The molecule has 0 aromatic heterocycles. The molecule has 0 fully saturated rings. The average molecular weight is 199 g/mol. The first-order valence-electron chi connectivity index (χ1n) is 5.18. The molecule has 14 heavy (non-hydrogen) atoms. The summed E-state index contributed by atoms with van der Waals surface area (Å²) in [6, 6.07) is 0. The summed E-state index contributed by atoms with van der Waals surface area (Å²) in [7, 11) is -1.39. The van der Waals surface area contributed by atoms with Crippen molar-refractivity contribution in [3.63, 3.8) is 0 Å². The average Bonchev–Trinajstić information content (AvgIpc) is 2.02. The van der Waals surface area contributed by atoms with Gasteiger partial charge in [-0.1, -0.05) is 18.6 Å². The molecule has 0 aromatic rings. The van der Waals surface area contributed by atoms with Crippen molar-refractivity contribution >= 4 is 7.12 Å². The molecule has 0 saturated carbocycles. The van der Waals surface area contributed by atoms with Crippen molar-refractivity contribution in [2.24, 2.45) is 11.7 Å². The fraction of sp³-hybridized carbons (Fsp3) is 0.800. The molecule has 3 nitrogen and oxygen atoms in total. The minimum atomic E-state index is -1.39. The number of allylic oxidation sites excluding steroid dienone is 2. The predicted molar refractivity (Wildman–Crippen MR) is 60.6 cm³/mol. The fourth-order valence-electron chi connectivity index (χ4n) is 1.36. The van der Waals surface area contributed by atoms with Crippen LogP contribution in [0.25, 0.3) is 0 Å². The summed E-state index contributed by atoms with van der Waals surface area (Å²) < 4.78 is 0. The predicted octanol–water partition coefficient (Wildman–Crippen LogP) is 1.10. The zero-order chi connectivity index (χ0) is 11.1. The Bertz CT molecular complexity index is 179. The topological polar surface area (TPSA) is 66.5 Å². The van der Waals surface area contributed by atoms with Gasteiger partial charge in [-0.05, 0) is 39.0 Å². The van der Waals surface area contributed by atoms with Gasteiger partial charge in [0.2, 0.25) is 0 Å². The van der Waals surface area contributed by atoms with Crippen molar-refractivity contribution in [3.8, 4) is 0 Å². The summed E-state index contributed by atoms with van der Waals surface area (Å²) in [6.45, 7) is 6.24. The van der Waals surface area contributed by atoms with Crippen molar-refractivity contribution in [2.75, 3.05) is 0 Å². The number of hydrogen-bond acceptors (Lipinski definition) is 3. The number of rotatable bonds is 6. The van der Waals surface area contributed by atoms with E-state index in [2.05, 4.69) is 26.8 Å². The van der Waals surface area contributed by atoms with E-state index in [0.29, 0.717) is 12.3 Å². The lowest BCUT2D eigenvalue weighted by molar-refractivity contribution is 0.363. The van der Waals surface area contributed by atoms with Gasteiger partial charge in [-0.2, -0.15) is 0 Å². The molecule has 4 N–H and O–H groups in total. The van der Waals surface area contributed by atoms with E-state index in [9.17, 15) is 0 Å². The van der Waals surface area contributed by atoms with Gasteiger partial charge in [-0.3, -0.25) is 0 Å². The molecule has 0 amide bonds. The van der Waals surface area contributed by atoms with Gasteiger partial charge in [0, 0.05) is 5.94 Å². The highest BCUT2D eigenvalue weighted by Gasteiger charge is 2.20. The van der Waals surface area contributed by atoms with Crippen molar-refractivity contribution < 1.29 is 10.0 Å². The van der Waals surface area contributed by atoms with Gasteiger partial charge in [0.15, 0.2) is 0 Å². The Morgan fingerprint density at radius 3 is 2.43 bits per heavy atom. The normalized spacial score (nSPS) is 14.7. The molecule has 0 radical (unpaired) electrons. The smallest absolute Gasteiger partial charge is 0.426 e. The first kappa shape index (κ1) is 13.7. The van der Waals surface area contributed by atoms with Gasteiger partial charge >= 0.3 is 7.12 Å². The molecule has 0 saturated heterocycles. The molecule has 2 atom stereocenters. The Balaban J connectivity index is 3.65. The van der Waals surface area contributed by atoms with Crippen LogP contribution < -0.4 is 5.73 Å². The zero-order valence-corrected chi connectivity index (χ0v) is 9.40. The largest absolute Gasteiger partial charge is 0.469 e. The maximum atomic E-state index is 8.80. The number of nitrogens with two attached hydrogens (primary N) is 1. The van der Waals surface area contributed by atoms with Gasteiger partial charge in [0.05, 0.1) is 0 Å². The van der Waals surface area contributed by atoms with Gasteiger partial charge in [-0.25, -0.2) is 0 Å². The molecule has 0 spiro atoms. The van der Waals surface area contributed by atoms with E-state index in [1.165, 1.54) is 5.57 Å². The highest BCUT2D eigenvalue weighted by molar-refractivity contribution is 6.43. The van der Waals surface area contributed by atoms with Crippen LogP contribution in [0.15, 0.2) is 11.6 Å². The summed E-state index contributed by atoms with van der Waals surface area (Å²) >= 11 is 0. The van der Waals surface area contributed by atoms with Crippen LogP contribution in [-0.4, -0.2) is 23.1 Å². The second-order valence-electron chi connectivity index (χ2n) is 4.28. The summed E-state index contributed by atoms with van der Waals surface area (Å²) in [5.74, 6) is -0.0842. The molecule has 0 aliphatic carbocycles. The van der Waals surface area contributed by atoms with Crippen molar-refractivity contribution in [1.29, 1.82) is 0 Å². The van der Waals surface area contributed by atoms with Crippen LogP contribution in [0.2, 0.25) is 0 Å². The van der Waals surface area contributed by atoms with Gasteiger partial charge in [-0.15, -0.1) is 0 Å². The molecule has 0 rings (SSSR count). The van der Waals surface area contributed by atoms with Gasteiger partial charge in [0.1, 0.15) is 0 Å². The lowest BCUT2D eigenvalue weighted by Gasteiger charge is -2.15. The van der Waals surface area contributed by atoms with Crippen LogP contribution in [0, 0.1) is 5.92 Å². The molecule has 82 valence electrons. The zero-order valence-electron chi connectivity index (χ0n) is 9.40. The second-order valence-corrected chi connectivity index (χ2v) is 4.28. The fourth-order valence-corrected chi connectivity index (χ4v) is 1.36. The molecule has 0 heterocycles. The Morgan fingerprint density at radius 2 is 2.00 bits per heavy atom. The maximum Gasteiger partial charge on any atom is 0.469 e. The van der Waals surface area contributed by atoms with Crippen LogP contribution in [0.4, 0.5) is 0 Å². The lowest BCUT2D eigenvalue weighted by Crippen LogP contribution is -2.40. The van der Waals surface area contributed by atoms with Crippen molar-refractivity contribution in [2.45, 2.75) is 46.0 Å². The highest BCUT2D eigenvalue weighted by Crippen LogP contribution is 2.13. The molecule has 0 aliphatic rings. The van der Waals surface area contributed by atoms with E-state index in [1.54, 1.807) is 0 Å². The molecule has 0 aliphatic heterocycles. The Labute approximate surface area is 87.2 Å². The van der Waals surface area contributed by atoms with Crippen LogP contribution >= 0.6 is 0 Å². The third-order valence-electron chi connectivity index (χ3n) is 2.27. The first-order chi connectivity index (χ1) is 6.43. The van der Waals surface area contributed by atoms with E-state index in [-0.39, 0.29) is 0 Å². The van der Waals surface area contributed by atoms with Crippen LogP contribution in [-0.2, 0) is 0 Å². The lowest BCUT2D eigenvalue weighted by atomic mass is 9.75. The van der Waals surface area contributed by atoms with E-state index < -0.39 is 13.1 Å². The van der Waals surface area contributed by atoms with E-state index in [4.69, 9.17) is 15.8 Å². The minimum Gasteiger partial charge on any atom is -0.426 e. The molecular formula is C10H22BNO2. The summed E-state index contributed by atoms with van der Waals surface area (Å²) in [4.78, 5) is 0. The summed E-state index contributed by atoms with van der Waals surface area (Å²) in [5, 5.41) is 17.6. The van der Waals surface area contributed by atoms with Crippen LogP contribution in [0.5, 0.6) is 0 Å².